The van der Waals surface area contributed by atoms with Gasteiger partial charge in [-0.05, 0) is 70.4 Å². The molecule has 2 saturated carbocycles. The lowest BCUT2D eigenvalue weighted by atomic mass is 9.93. The Labute approximate surface area is 187 Å². The van der Waals surface area contributed by atoms with Crippen LogP contribution in [-0.2, 0) is 0 Å². The third-order valence-electron chi connectivity index (χ3n) is 6.54. The molecule has 1 amide bonds. The Morgan fingerprint density at radius 3 is 2.84 bits per heavy atom. The average Bonchev–Trinajstić information content (AvgIpc) is 3.52. The molecule has 2 atom stereocenters. The largest absolute Gasteiger partial charge is 0.493 e. The number of hydrogen-bond acceptors (Lipinski definition) is 5. The molecule has 2 fully saturated rings. The number of aliphatic hydroxyl groups excluding tert-OH is 1. The average molecular weight is 435 g/mol. The number of aliphatic hydroxyl groups is 1. The van der Waals surface area contributed by atoms with Crippen LogP contribution >= 0.6 is 0 Å². The van der Waals surface area contributed by atoms with Crippen molar-refractivity contribution in [2.75, 3.05) is 6.61 Å². The molecule has 2 aliphatic rings. The highest BCUT2D eigenvalue weighted by molar-refractivity contribution is 6.09. The zero-order chi connectivity index (χ0) is 22.2. The van der Waals surface area contributed by atoms with E-state index in [1.165, 1.54) is 19.2 Å². The molecule has 2 heterocycles. The van der Waals surface area contributed by atoms with E-state index >= 15 is 0 Å². The molecule has 0 aliphatic heterocycles. The Morgan fingerprint density at radius 2 is 2.06 bits per heavy atom. The van der Waals surface area contributed by atoms with Crippen LogP contribution in [0.1, 0.15) is 60.1 Å². The van der Waals surface area contributed by atoms with Crippen molar-refractivity contribution >= 4 is 16.9 Å². The van der Waals surface area contributed by atoms with E-state index in [-0.39, 0.29) is 18.1 Å². The van der Waals surface area contributed by atoms with Crippen LogP contribution in [-0.4, -0.2) is 44.7 Å². The van der Waals surface area contributed by atoms with Gasteiger partial charge in [0, 0.05) is 17.3 Å². The first-order valence-electron chi connectivity index (χ1n) is 11.6. The summed E-state index contributed by atoms with van der Waals surface area (Å²) in [6.07, 6.45) is 6.82. The quantitative estimate of drug-likeness (QED) is 0.543. The van der Waals surface area contributed by atoms with Crippen LogP contribution in [0.3, 0.4) is 0 Å². The van der Waals surface area contributed by atoms with E-state index in [2.05, 4.69) is 26.3 Å². The number of aryl methyl sites for hydroxylation is 2. The molecule has 2 aliphatic carbocycles. The highest BCUT2D eigenvalue weighted by Crippen LogP contribution is 2.37. The molecule has 1 aromatic carbocycles. The van der Waals surface area contributed by atoms with Crippen LogP contribution in [0.4, 0.5) is 0 Å². The minimum absolute atomic E-state index is 0.0175. The van der Waals surface area contributed by atoms with Gasteiger partial charge in [-0.1, -0.05) is 11.6 Å². The summed E-state index contributed by atoms with van der Waals surface area (Å²) in [5, 5.41) is 13.1. The molecular weight excluding hydrogens is 404 g/mol. The second-order valence-corrected chi connectivity index (χ2v) is 9.32. The number of aromatic nitrogens is 3. The predicted molar refractivity (Wildman–Crippen MR) is 123 cm³/mol. The molecule has 3 N–H and O–H groups in total. The minimum Gasteiger partial charge on any atom is -0.493 e. The van der Waals surface area contributed by atoms with Crippen molar-refractivity contribution in [2.24, 2.45) is 5.92 Å². The molecule has 5 rings (SSSR count). The van der Waals surface area contributed by atoms with Gasteiger partial charge in [0.05, 0.1) is 23.8 Å². The number of H-pyrrole nitrogens is 1. The minimum atomic E-state index is -0.345. The SMILES string of the molecule is Cc1ccc(OCC2CC2)c(-c2ncnc3c(C(=O)N[C@H]4CCC[C@H](O)C4)c(C)[nH]c23)c1. The number of amides is 1. The number of aromatic amines is 1. The topological polar surface area (TPSA) is 100 Å². The highest BCUT2D eigenvalue weighted by Gasteiger charge is 2.27. The molecule has 0 spiro atoms. The van der Waals surface area contributed by atoms with E-state index in [1.807, 2.05) is 26.0 Å². The van der Waals surface area contributed by atoms with E-state index in [0.717, 1.165) is 59.7 Å². The number of fused-ring (bicyclic) bond motifs is 1. The Morgan fingerprint density at radius 1 is 1.22 bits per heavy atom. The third kappa shape index (κ3) is 4.21. The molecule has 2 aromatic heterocycles. The number of nitrogens with zero attached hydrogens (tertiary/aromatic N) is 2. The summed E-state index contributed by atoms with van der Waals surface area (Å²) in [6.45, 7) is 4.65. The lowest BCUT2D eigenvalue weighted by molar-refractivity contribution is 0.0850. The van der Waals surface area contributed by atoms with Crippen molar-refractivity contribution in [1.29, 1.82) is 0 Å². The van der Waals surface area contributed by atoms with Crippen LogP contribution in [0.5, 0.6) is 5.75 Å². The van der Waals surface area contributed by atoms with Gasteiger partial charge in [-0.3, -0.25) is 4.79 Å². The number of rotatable bonds is 6. The van der Waals surface area contributed by atoms with Crippen LogP contribution < -0.4 is 10.1 Å². The lowest BCUT2D eigenvalue weighted by Gasteiger charge is -2.26. The maximum absolute atomic E-state index is 13.2. The van der Waals surface area contributed by atoms with Gasteiger partial charge in [0.2, 0.25) is 0 Å². The monoisotopic (exact) mass is 434 g/mol. The fourth-order valence-electron chi connectivity index (χ4n) is 4.60. The zero-order valence-corrected chi connectivity index (χ0v) is 18.6. The first-order valence-corrected chi connectivity index (χ1v) is 11.6. The molecular formula is C25H30N4O3. The van der Waals surface area contributed by atoms with E-state index in [9.17, 15) is 9.90 Å². The fourth-order valence-corrected chi connectivity index (χ4v) is 4.60. The van der Waals surface area contributed by atoms with Gasteiger partial charge in [-0.2, -0.15) is 0 Å². The summed E-state index contributed by atoms with van der Waals surface area (Å²) < 4.78 is 6.14. The second kappa shape index (κ2) is 8.54. The maximum atomic E-state index is 13.2. The molecule has 0 radical (unpaired) electrons. The molecule has 0 unspecified atom stereocenters. The first kappa shape index (κ1) is 20.9. The molecule has 3 aromatic rings. The van der Waals surface area contributed by atoms with Gasteiger partial charge in [0.1, 0.15) is 23.3 Å². The Balaban J connectivity index is 1.50. The Hall–Kier alpha value is -2.93. The van der Waals surface area contributed by atoms with Crippen LogP contribution in [0, 0.1) is 19.8 Å². The molecule has 32 heavy (non-hydrogen) atoms. The second-order valence-electron chi connectivity index (χ2n) is 9.32. The van der Waals surface area contributed by atoms with Crippen molar-refractivity contribution in [3.8, 4) is 17.0 Å². The van der Waals surface area contributed by atoms with Crippen molar-refractivity contribution in [2.45, 2.75) is 64.5 Å². The number of carbonyl (C=O) groups excluding carboxylic acids is 1. The van der Waals surface area contributed by atoms with Crippen molar-refractivity contribution in [3.63, 3.8) is 0 Å². The van der Waals surface area contributed by atoms with Gasteiger partial charge < -0.3 is 20.1 Å². The lowest BCUT2D eigenvalue weighted by Crippen LogP contribution is -2.39. The van der Waals surface area contributed by atoms with Crippen molar-refractivity contribution in [1.82, 2.24) is 20.3 Å². The normalized spacial score (nSPS) is 21.0. The maximum Gasteiger partial charge on any atom is 0.255 e. The molecule has 0 saturated heterocycles. The standard InChI is InChI=1S/C25H30N4O3/c1-14-6-9-20(32-12-16-7-8-16)19(10-14)22-24-23(27-13-26-22)21(15(2)28-24)25(31)29-17-4-3-5-18(30)11-17/h6,9-10,13,16-18,28,30H,3-5,7-8,11-12H2,1-2H3,(H,29,31)/t17-,18-/m0/s1. The van der Waals surface area contributed by atoms with Gasteiger partial charge in [0.25, 0.3) is 5.91 Å². The van der Waals surface area contributed by atoms with E-state index in [1.54, 1.807) is 0 Å². The van der Waals surface area contributed by atoms with Crippen LogP contribution in [0.2, 0.25) is 0 Å². The third-order valence-corrected chi connectivity index (χ3v) is 6.54. The van der Waals surface area contributed by atoms with Crippen LogP contribution in [0.25, 0.3) is 22.3 Å². The summed E-state index contributed by atoms with van der Waals surface area (Å²) in [4.78, 5) is 25.6. The first-order chi connectivity index (χ1) is 15.5. The molecule has 7 nitrogen and oxygen atoms in total. The summed E-state index contributed by atoms with van der Waals surface area (Å²) in [5.41, 5.74) is 5.39. The van der Waals surface area contributed by atoms with E-state index < -0.39 is 0 Å². The molecule has 168 valence electrons. The number of nitrogens with one attached hydrogen (secondary N) is 2. The zero-order valence-electron chi connectivity index (χ0n) is 18.6. The van der Waals surface area contributed by atoms with Gasteiger partial charge in [0.15, 0.2) is 0 Å². The number of ether oxygens (including phenoxy) is 1. The summed E-state index contributed by atoms with van der Waals surface area (Å²) in [7, 11) is 0. The number of carbonyl (C=O) groups is 1. The predicted octanol–water partition coefficient (Wildman–Crippen LogP) is 4.06. The van der Waals surface area contributed by atoms with Gasteiger partial charge in [-0.25, -0.2) is 9.97 Å². The molecule has 7 heteroatoms. The van der Waals surface area contributed by atoms with Crippen LogP contribution in [0.15, 0.2) is 24.5 Å². The number of hydrogen-bond donors (Lipinski definition) is 3. The van der Waals surface area contributed by atoms with Crippen molar-refractivity contribution in [3.05, 3.63) is 41.3 Å². The summed E-state index contributed by atoms with van der Waals surface area (Å²) in [5.74, 6) is 1.29. The summed E-state index contributed by atoms with van der Waals surface area (Å²) >= 11 is 0. The smallest absolute Gasteiger partial charge is 0.255 e. The fraction of sp³-hybridized carbons (Fsp3) is 0.480. The highest BCUT2D eigenvalue weighted by atomic mass is 16.5. The van der Waals surface area contributed by atoms with Crippen molar-refractivity contribution < 1.29 is 14.6 Å². The Bertz CT molecular complexity index is 1150. The number of benzene rings is 1. The molecule has 0 bridgehead atoms. The Kier molecular flexibility index (Phi) is 5.59. The van der Waals surface area contributed by atoms with Gasteiger partial charge >= 0.3 is 0 Å². The summed E-state index contributed by atoms with van der Waals surface area (Å²) in [6, 6.07) is 6.10. The van der Waals surface area contributed by atoms with Gasteiger partial charge in [-0.15, -0.1) is 0 Å². The van der Waals surface area contributed by atoms with E-state index in [0.29, 0.717) is 23.4 Å². The van der Waals surface area contributed by atoms with E-state index in [4.69, 9.17) is 4.74 Å².